The SMILES string of the molecule is c1ccc2c(c1)Sc1cccc3c4c5ccccc5n(-c5nc(-c6ccc(-c7ccc8ccccc8c7)cc6)nc(-c6cccc7ccccc67)n5)c4n-2c13. The molecule has 11 aromatic rings. The molecule has 0 N–H and O–H groups in total. The second-order valence-electron chi connectivity index (χ2n) is 14.1. The molecule has 1 aliphatic rings. The van der Waals surface area contributed by atoms with Gasteiger partial charge in [-0.1, -0.05) is 157 Å². The van der Waals surface area contributed by atoms with Crippen LogP contribution >= 0.6 is 11.8 Å². The molecule has 4 heterocycles. The van der Waals surface area contributed by atoms with E-state index in [1.54, 1.807) is 0 Å². The van der Waals surface area contributed by atoms with Crippen LogP contribution in [0.25, 0.3) is 99.9 Å². The molecule has 0 saturated heterocycles. The molecule has 0 fully saturated rings. The van der Waals surface area contributed by atoms with Crippen molar-refractivity contribution in [1.29, 1.82) is 0 Å². The summed E-state index contributed by atoms with van der Waals surface area (Å²) in [7, 11) is 0. The summed E-state index contributed by atoms with van der Waals surface area (Å²) in [4.78, 5) is 18.4. The quantitative estimate of drug-likeness (QED) is 0.182. The van der Waals surface area contributed by atoms with Gasteiger partial charge < -0.3 is 0 Å². The third-order valence-electron chi connectivity index (χ3n) is 11.0. The number of hydrogen-bond acceptors (Lipinski definition) is 4. The van der Waals surface area contributed by atoms with E-state index >= 15 is 0 Å². The standard InChI is InChI=1S/C49H29N5S/c1-2-13-34-29-35(28-25-30(34)11-1)31-23-26-33(27-24-31)46-50-47(37-17-9-14-32-12-3-4-15-36(32)37)52-49(51-46)54-40-19-6-5-16-38(40)44-39-18-10-22-43-45(39)53(48(44)54)41-20-7-8-21-42(41)55-43/h1-29H. The third kappa shape index (κ3) is 4.59. The van der Waals surface area contributed by atoms with Gasteiger partial charge in [-0.05, 0) is 63.0 Å². The zero-order valence-corrected chi connectivity index (χ0v) is 30.2. The molecule has 1 aliphatic heterocycles. The first kappa shape index (κ1) is 30.4. The van der Waals surface area contributed by atoms with Crippen LogP contribution in [0.1, 0.15) is 0 Å². The molecule has 0 saturated carbocycles. The Kier molecular flexibility index (Phi) is 6.50. The number of hydrogen-bond donors (Lipinski definition) is 0. The fourth-order valence-electron chi connectivity index (χ4n) is 8.45. The van der Waals surface area contributed by atoms with Crippen LogP contribution < -0.4 is 0 Å². The summed E-state index contributed by atoms with van der Waals surface area (Å²) < 4.78 is 4.68. The minimum absolute atomic E-state index is 0.578. The van der Waals surface area contributed by atoms with Crippen LogP contribution in [0, 0.1) is 0 Å². The van der Waals surface area contributed by atoms with E-state index in [1.807, 2.05) is 11.8 Å². The minimum atomic E-state index is 0.578. The van der Waals surface area contributed by atoms with E-state index in [-0.39, 0.29) is 0 Å². The maximum atomic E-state index is 5.38. The highest BCUT2D eigenvalue weighted by atomic mass is 32.2. The van der Waals surface area contributed by atoms with Crippen LogP contribution in [0.4, 0.5) is 0 Å². The Labute approximate surface area is 320 Å². The van der Waals surface area contributed by atoms with Crippen molar-refractivity contribution in [3.63, 3.8) is 0 Å². The van der Waals surface area contributed by atoms with Gasteiger partial charge in [0, 0.05) is 37.1 Å². The van der Waals surface area contributed by atoms with Crippen LogP contribution in [-0.4, -0.2) is 24.1 Å². The van der Waals surface area contributed by atoms with Crippen molar-refractivity contribution in [1.82, 2.24) is 24.1 Å². The number of para-hydroxylation sites is 3. The van der Waals surface area contributed by atoms with Crippen molar-refractivity contribution in [3.8, 4) is 45.5 Å². The normalized spacial score (nSPS) is 12.3. The highest BCUT2D eigenvalue weighted by Gasteiger charge is 2.29. The zero-order chi connectivity index (χ0) is 36.0. The van der Waals surface area contributed by atoms with Crippen LogP contribution in [0.5, 0.6) is 0 Å². The Balaban J connectivity index is 1.14. The summed E-state index contributed by atoms with van der Waals surface area (Å²) >= 11 is 1.83. The Morgan fingerprint density at radius 1 is 0.418 bits per heavy atom. The smallest absolute Gasteiger partial charge is 0.239 e. The second-order valence-corrected chi connectivity index (χ2v) is 15.1. The predicted octanol–water partition coefficient (Wildman–Crippen LogP) is 12.7. The van der Waals surface area contributed by atoms with Crippen LogP contribution in [0.2, 0.25) is 0 Å². The van der Waals surface area contributed by atoms with Gasteiger partial charge in [0.2, 0.25) is 5.95 Å². The number of rotatable bonds is 4. The largest absolute Gasteiger partial charge is 0.293 e. The topological polar surface area (TPSA) is 48.5 Å². The van der Waals surface area contributed by atoms with Crippen molar-refractivity contribution < 1.29 is 0 Å². The summed E-state index contributed by atoms with van der Waals surface area (Å²) in [6, 6.07) is 62.5. The minimum Gasteiger partial charge on any atom is -0.293 e. The average molecular weight is 720 g/mol. The van der Waals surface area contributed by atoms with Crippen molar-refractivity contribution in [2.45, 2.75) is 9.79 Å². The summed E-state index contributed by atoms with van der Waals surface area (Å²) in [5.74, 6) is 1.83. The molecular formula is C49H29N5S. The average Bonchev–Trinajstić information content (AvgIpc) is 3.77. The highest BCUT2D eigenvalue weighted by Crippen LogP contribution is 2.49. The first-order chi connectivity index (χ1) is 27.3. The van der Waals surface area contributed by atoms with Crippen molar-refractivity contribution in [3.05, 3.63) is 176 Å². The van der Waals surface area contributed by atoms with Crippen LogP contribution in [0.3, 0.4) is 0 Å². The van der Waals surface area contributed by atoms with Crippen molar-refractivity contribution >= 4 is 66.1 Å². The second kappa shape index (κ2) is 11.7. The Morgan fingerprint density at radius 2 is 1.07 bits per heavy atom. The predicted molar refractivity (Wildman–Crippen MR) is 226 cm³/mol. The monoisotopic (exact) mass is 719 g/mol. The van der Waals surface area contributed by atoms with Crippen LogP contribution in [-0.2, 0) is 0 Å². The maximum Gasteiger partial charge on any atom is 0.239 e. The fourth-order valence-corrected chi connectivity index (χ4v) is 9.54. The molecule has 0 amide bonds. The van der Waals surface area contributed by atoms with Gasteiger partial charge in [0.25, 0.3) is 0 Å². The summed E-state index contributed by atoms with van der Waals surface area (Å²) in [5, 5.41) is 8.27. The first-order valence-corrected chi connectivity index (χ1v) is 19.3. The van der Waals surface area contributed by atoms with Gasteiger partial charge in [0.15, 0.2) is 11.6 Å². The molecule has 5 nitrogen and oxygen atoms in total. The molecule has 0 atom stereocenters. The Hall–Kier alpha value is -7.02. The van der Waals surface area contributed by atoms with E-state index in [9.17, 15) is 0 Å². The summed E-state index contributed by atoms with van der Waals surface area (Å²) in [5.41, 5.74) is 8.67. The number of nitrogens with zero attached hydrogens (tertiary/aromatic N) is 5. The zero-order valence-electron chi connectivity index (χ0n) is 29.4. The van der Waals surface area contributed by atoms with E-state index in [2.05, 4.69) is 185 Å². The molecule has 3 aromatic heterocycles. The molecular weight excluding hydrogens is 691 g/mol. The van der Waals surface area contributed by atoms with Crippen molar-refractivity contribution in [2.75, 3.05) is 0 Å². The van der Waals surface area contributed by atoms with Crippen LogP contribution in [0.15, 0.2) is 186 Å². The highest BCUT2D eigenvalue weighted by molar-refractivity contribution is 7.99. The van der Waals surface area contributed by atoms with E-state index < -0.39 is 0 Å². The maximum absolute atomic E-state index is 5.38. The lowest BCUT2D eigenvalue weighted by Gasteiger charge is -2.20. The molecule has 256 valence electrons. The van der Waals surface area contributed by atoms with Gasteiger partial charge in [-0.2, -0.15) is 9.97 Å². The number of benzene rings is 8. The summed E-state index contributed by atoms with van der Waals surface area (Å²) in [6.07, 6.45) is 0. The summed E-state index contributed by atoms with van der Waals surface area (Å²) in [6.45, 7) is 0. The molecule has 8 aromatic carbocycles. The Morgan fingerprint density at radius 3 is 1.98 bits per heavy atom. The van der Waals surface area contributed by atoms with Gasteiger partial charge in [-0.3, -0.25) is 9.13 Å². The lowest BCUT2D eigenvalue weighted by atomic mass is 10.00. The molecule has 55 heavy (non-hydrogen) atoms. The molecule has 0 bridgehead atoms. The number of aromatic nitrogens is 5. The molecule has 0 radical (unpaired) electrons. The molecule has 0 unspecified atom stereocenters. The molecule has 0 aliphatic carbocycles. The van der Waals surface area contributed by atoms with Crippen molar-refractivity contribution in [2.24, 2.45) is 0 Å². The van der Waals surface area contributed by atoms with E-state index in [0.717, 1.165) is 49.7 Å². The molecule has 12 rings (SSSR count). The lowest BCUT2D eigenvalue weighted by Crippen LogP contribution is -2.10. The molecule has 0 spiro atoms. The van der Waals surface area contributed by atoms with Gasteiger partial charge in [-0.15, -0.1) is 0 Å². The van der Waals surface area contributed by atoms with Gasteiger partial charge in [0.05, 0.1) is 16.7 Å². The lowest BCUT2D eigenvalue weighted by molar-refractivity contribution is 0.927. The van der Waals surface area contributed by atoms with E-state index in [1.165, 1.54) is 42.4 Å². The van der Waals surface area contributed by atoms with Gasteiger partial charge in [0.1, 0.15) is 5.65 Å². The number of fused-ring (bicyclic) bond motifs is 9. The molecule has 6 heteroatoms. The first-order valence-electron chi connectivity index (χ1n) is 18.4. The van der Waals surface area contributed by atoms with E-state index in [4.69, 9.17) is 15.0 Å². The van der Waals surface area contributed by atoms with Gasteiger partial charge >= 0.3 is 0 Å². The van der Waals surface area contributed by atoms with E-state index in [0.29, 0.717) is 17.6 Å². The third-order valence-corrected chi connectivity index (χ3v) is 12.1. The Bertz CT molecular complexity index is 3350. The van der Waals surface area contributed by atoms with Gasteiger partial charge in [-0.25, -0.2) is 4.98 Å². The fraction of sp³-hybridized carbons (Fsp3) is 0.